The van der Waals surface area contributed by atoms with Crippen molar-refractivity contribution in [2.75, 3.05) is 49.1 Å². The first-order valence-corrected chi connectivity index (χ1v) is 9.84. The number of nitrogens with zero attached hydrogens (tertiary/aromatic N) is 6. The Kier molecular flexibility index (Phi) is 5.36. The van der Waals surface area contributed by atoms with Gasteiger partial charge in [0.05, 0.1) is 11.8 Å². The number of piperazine rings is 1. The molecule has 2 aliphatic rings. The van der Waals surface area contributed by atoms with Crippen LogP contribution in [0.3, 0.4) is 0 Å². The lowest BCUT2D eigenvalue weighted by Crippen LogP contribution is -2.49. The maximum Gasteiger partial charge on any atom is 0.257 e. The van der Waals surface area contributed by atoms with E-state index in [-0.39, 0.29) is 11.5 Å². The number of aromatic nitrogens is 3. The van der Waals surface area contributed by atoms with E-state index in [1.54, 1.807) is 4.90 Å². The zero-order valence-corrected chi connectivity index (χ0v) is 16.1. The maximum atomic E-state index is 13.8. The molecule has 0 bridgehead atoms. The summed E-state index contributed by atoms with van der Waals surface area (Å²) in [5.74, 6) is 1.65. The molecule has 0 saturated carbocycles. The van der Waals surface area contributed by atoms with Gasteiger partial charge in [-0.05, 0) is 37.0 Å². The number of anilines is 2. The summed E-state index contributed by atoms with van der Waals surface area (Å²) in [7, 11) is 0. The van der Waals surface area contributed by atoms with E-state index in [1.807, 2.05) is 12.1 Å². The van der Waals surface area contributed by atoms with Crippen LogP contribution in [0.5, 0.6) is 0 Å². The van der Waals surface area contributed by atoms with Crippen LogP contribution in [-0.4, -0.2) is 65.3 Å². The highest BCUT2D eigenvalue weighted by Crippen LogP contribution is 2.22. The van der Waals surface area contributed by atoms with Gasteiger partial charge in [0.25, 0.3) is 5.91 Å². The summed E-state index contributed by atoms with van der Waals surface area (Å²) in [4.78, 5) is 22.3. The van der Waals surface area contributed by atoms with E-state index in [1.165, 1.54) is 25.1 Å². The van der Waals surface area contributed by atoms with Crippen molar-refractivity contribution in [3.8, 4) is 0 Å². The van der Waals surface area contributed by atoms with Crippen LogP contribution in [0.2, 0.25) is 0 Å². The van der Waals surface area contributed by atoms with Gasteiger partial charge in [-0.2, -0.15) is 0 Å². The lowest BCUT2D eigenvalue weighted by molar-refractivity contribution is 0.0741. The summed E-state index contributed by atoms with van der Waals surface area (Å²) in [6, 6.07) is 5.46. The van der Waals surface area contributed by atoms with Gasteiger partial charge in [-0.25, -0.2) is 4.39 Å². The van der Waals surface area contributed by atoms with Crippen molar-refractivity contribution in [2.24, 2.45) is 5.92 Å². The Morgan fingerprint density at radius 3 is 2.14 bits per heavy atom. The number of hydrogen-bond acceptors (Lipinski definition) is 6. The third-order valence-corrected chi connectivity index (χ3v) is 5.64. The van der Waals surface area contributed by atoms with E-state index in [0.717, 1.165) is 36.8 Å². The highest BCUT2D eigenvalue weighted by Gasteiger charge is 2.25. The molecule has 28 heavy (non-hydrogen) atoms. The Morgan fingerprint density at radius 1 is 0.964 bits per heavy atom. The average Bonchev–Trinajstić information content (AvgIpc) is 2.74. The predicted octanol–water partition coefficient (Wildman–Crippen LogP) is 2.21. The molecule has 2 aliphatic heterocycles. The SMILES string of the molecule is CC1CCN(c2ccc(N3CCN(C(=O)c4ccncc4F)CC3)nn2)CC1. The first-order valence-electron chi connectivity index (χ1n) is 9.84. The van der Waals surface area contributed by atoms with E-state index in [9.17, 15) is 9.18 Å². The molecular weight excluding hydrogens is 359 g/mol. The number of carbonyl (C=O) groups excluding carboxylic acids is 1. The lowest BCUT2D eigenvalue weighted by atomic mass is 9.99. The fraction of sp³-hybridized carbons (Fsp3) is 0.500. The predicted molar refractivity (Wildman–Crippen MR) is 105 cm³/mol. The summed E-state index contributed by atoms with van der Waals surface area (Å²) in [6.07, 6.45) is 4.89. The molecule has 0 aliphatic carbocycles. The van der Waals surface area contributed by atoms with Crippen molar-refractivity contribution in [3.63, 3.8) is 0 Å². The van der Waals surface area contributed by atoms with Gasteiger partial charge in [0.2, 0.25) is 0 Å². The quantitative estimate of drug-likeness (QED) is 0.808. The highest BCUT2D eigenvalue weighted by molar-refractivity contribution is 5.94. The molecule has 0 atom stereocenters. The number of halogens is 1. The van der Waals surface area contributed by atoms with Gasteiger partial charge in [-0.3, -0.25) is 9.78 Å². The van der Waals surface area contributed by atoms with Crippen LogP contribution in [0, 0.1) is 11.7 Å². The monoisotopic (exact) mass is 384 g/mol. The van der Waals surface area contributed by atoms with E-state index in [4.69, 9.17) is 0 Å². The van der Waals surface area contributed by atoms with Gasteiger partial charge in [0, 0.05) is 45.5 Å². The molecule has 0 spiro atoms. The van der Waals surface area contributed by atoms with E-state index < -0.39 is 5.82 Å². The molecule has 1 amide bonds. The van der Waals surface area contributed by atoms with E-state index in [2.05, 4.69) is 31.9 Å². The minimum absolute atomic E-state index is 0.0726. The molecule has 0 radical (unpaired) electrons. The lowest BCUT2D eigenvalue weighted by Gasteiger charge is -2.35. The van der Waals surface area contributed by atoms with Gasteiger partial charge in [0.1, 0.15) is 0 Å². The first kappa shape index (κ1) is 18.6. The van der Waals surface area contributed by atoms with Gasteiger partial charge < -0.3 is 14.7 Å². The van der Waals surface area contributed by atoms with Crippen LogP contribution < -0.4 is 9.80 Å². The second-order valence-electron chi connectivity index (χ2n) is 7.55. The van der Waals surface area contributed by atoms with Gasteiger partial charge in [0.15, 0.2) is 17.5 Å². The third-order valence-electron chi connectivity index (χ3n) is 5.64. The van der Waals surface area contributed by atoms with Crippen LogP contribution in [0.15, 0.2) is 30.6 Å². The average molecular weight is 384 g/mol. The molecule has 7 nitrogen and oxygen atoms in total. The van der Waals surface area contributed by atoms with E-state index in [0.29, 0.717) is 26.2 Å². The van der Waals surface area contributed by atoms with Crippen LogP contribution in [0.25, 0.3) is 0 Å². The summed E-state index contributed by atoms with van der Waals surface area (Å²) < 4.78 is 13.8. The smallest absolute Gasteiger partial charge is 0.257 e. The van der Waals surface area contributed by atoms with Gasteiger partial charge >= 0.3 is 0 Å². The molecule has 4 rings (SSSR count). The van der Waals surface area contributed by atoms with E-state index >= 15 is 0 Å². The molecule has 2 aromatic rings. The summed E-state index contributed by atoms with van der Waals surface area (Å²) in [5.41, 5.74) is 0.0726. The Balaban J connectivity index is 1.35. The fourth-order valence-electron chi connectivity index (χ4n) is 3.75. The van der Waals surface area contributed by atoms with Crippen molar-refractivity contribution in [2.45, 2.75) is 19.8 Å². The number of piperidine rings is 1. The minimum Gasteiger partial charge on any atom is -0.355 e. The zero-order chi connectivity index (χ0) is 19.5. The molecule has 0 N–H and O–H groups in total. The maximum absolute atomic E-state index is 13.8. The standard InChI is InChI=1S/C20H25FN6O/c1-15-5-8-25(9-6-15)18-2-3-19(24-23-18)26-10-12-27(13-11-26)20(28)16-4-7-22-14-17(16)21/h2-4,7,14-15H,5-6,8-13H2,1H3. The normalized spacial score (nSPS) is 18.4. The third kappa shape index (κ3) is 3.90. The number of pyridine rings is 1. The molecule has 2 saturated heterocycles. The summed E-state index contributed by atoms with van der Waals surface area (Å²) in [6.45, 7) is 6.69. The number of amides is 1. The molecule has 0 unspecified atom stereocenters. The zero-order valence-electron chi connectivity index (χ0n) is 16.1. The molecule has 0 aromatic carbocycles. The molecule has 148 valence electrons. The van der Waals surface area contributed by atoms with Crippen molar-refractivity contribution in [1.82, 2.24) is 20.1 Å². The Hall–Kier alpha value is -2.77. The van der Waals surface area contributed by atoms with Crippen LogP contribution in [-0.2, 0) is 0 Å². The number of rotatable bonds is 3. The molecule has 2 aromatic heterocycles. The minimum atomic E-state index is -0.580. The molecule has 4 heterocycles. The first-order chi connectivity index (χ1) is 13.6. The van der Waals surface area contributed by atoms with Crippen LogP contribution in [0.4, 0.5) is 16.0 Å². The van der Waals surface area contributed by atoms with Gasteiger partial charge in [-0.1, -0.05) is 6.92 Å². The van der Waals surface area contributed by atoms with Crippen LogP contribution in [0.1, 0.15) is 30.1 Å². The molecule has 2 fully saturated rings. The van der Waals surface area contributed by atoms with Crippen molar-refractivity contribution in [1.29, 1.82) is 0 Å². The Morgan fingerprint density at radius 2 is 1.57 bits per heavy atom. The second kappa shape index (κ2) is 8.08. The highest BCUT2D eigenvalue weighted by atomic mass is 19.1. The van der Waals surface area contributed by atoms with Crippen molar-refractivity contribution >= 4 is 17.5 Å². The van der Waals surface area contributed by atoms with Crippen molar-refractivity contribution < 1.29 is 9.18 Å². The fourth-order valence-corrected chi connectivity index (χ4v) is 3.75. The number of carbonyl (C=O) groups is 1. The largest absolute Gasteiger partial charge is 0.355 e. The summed E-state index contributed by atoms with van der Waals surface area (Å²) in [5, 5.41) is 8.81. The Labute approximate surface area is 164 Å². The Bertz CT molecular complexity index is 814. The number of hydrogen-bond donors (Lipinski definition) is 0. The topological polar surface area (TPSA) is 65.5 Å². The van der Waals surface area contributed by atoms with Gasteiger partial charge in [-0.15, -0.1) is 10.2 Å². The second-order valence-corrected chi connectivity index (χ2v) is 7.55. The molecule has 8 heteroatoms. The molecular formula is C20H25FN6O. The van der Waals surface area contributed by atoms with Crippen LogP contribution >= 0.6 is 0 Å². The summed E-state index contributed by atoms with van der Waals surface area (Å²) >= 11 is 0. The van der Waals surface area contributed by atoms with Crippen molar-refractivity contribution in [3.05, 3.63) is 42.0 Å².